The Bertz CT molecular complexity index is 633. The summed E-state index contributed by atoms with van der Waals surface area (Å²) in [6, 6.07) is 7.84. The van der Waals surface area contributed by atoms with Gasteiger partial charge in [-0.2, -0.15) is 0 Å². The van der Waals surface area contributed by atoms with Crippen molar-refractivity contribution < 1.29 is 19.4 Å². The van der Waals surface area contributed by atoms with E-state index in [9.17, 15) is 14.7 Å². The van der Waals surface area contributed by atoms with Gasteiger partial charge in [0.05, 0.1) is 12.5 Å². The van der Waals surface area contributed by atoms with E-state index in [1.807, 2.05) is 24.3 Å². The highest BCUT2D eigenvalue weighted by molar-refractivity contribution is 5.80. The molecular weight excluding hydrogens is 296 g/mol. The van der Waals surface area contributed by atoms with Crippen LogP contribution in [0.4, 0.5) is 4.79 Å². The zero-order valence-electron chi connectivity index (χ0n) is 13.4. The van der Waals surface area contributed by atoms with Crippen LogP contribution in [0.1, 0.15) is 31.2 Å². The first-order chi connectivity index (χ1) is 10.9. The van der Waals surface area contributed by atoms with Gasteiger partial charge in [0, 0.05) is 25.0 Å². The smallest absolute Gasteiger partial charge is 0.317 e. The normalized spacial score (nSPS) is 29.2. The standard InChI is InChI=1S/C17H22N2O4/c1-17(15(20)21)6-7-19(10-17)16(22)18-14-9-13(14)11-4-3-5-12(8-11)23-2/h3-5,8,13-14H,6-7,9-10H2,1-2H3,(H,18,22)(H,20,21)/t13-,14+,17?/m0/s1. The summed E-state index contributed by atoms with van der Waals surface area (Å²) in [4.78, 5) is 25.2. The summed E-state index contributed by atoms with van der Waals surface area (Å²) in [5.41, 5.74) is 0.332. The van der Waals surface area contributed by atoms with Crippen LogP contribution in [0.25, 0.3) is 0 Å². The number of carbonyl (C=O) groups is 2. The maximum absolute atomic E-state index is 12.3. The second-order valence-electron chi connectivity index (χ2n) is 6.71. The minimum Gasteiger partial charge on any atom is -0.497 e. The number of carboxylic acid groups (broad SMARTS) is 1. The van der Waals surface area contributed by atoms with E-state index in [0.717, 1.165) is 17.7 Å². The van der Waals surface area contributed by atoms with Crippen LogP contribution in [-0.4, -0.2) is 48.2 Å². The molecule has 2 N–H and O–H groups in total. The number of aliphatic carboxylic acids is 1. The number of nitrogens with one attached hydrogen (secondary N) is 1. The molecule has 6 nitrogen and oxygen atoms in total. The summed E-state index contributed by atoms with van der Waals surface area (Å²) in [6.45, 7) is 2.45. The van der Waals surface area contributed by atoms with Gasteiger partial charge in [-0.3, -0.25) is 4.79 Å². The van der Waals surface area contributed by atoms with E-state index in [1.165, 1.54) is 0 Å². The van der Waals surface area contributed by atoms with E-state index in [0.29, 0.717) is 18.9 Å². The molecule has 23 heavy (non-hydrogen) atoms. The number of likely N-dealkylation sites (tertiary alicyclic amines) is 1. The fourth-order valence-electron chi connectivity index (χ4n) is 3.15. The quantitative estimate of drug-likeness (QED) is 0.890. The summed E-state index contributed by atoms with van der Waals surface area (Å²) < 4.78 is 5.22. The van der Waals surface area contributed by atoms with Crippen LogP contribution >= 0.6 is 0 Å². The number of benzene rings is 1. The van der Waals surface area contributed by atoms with Gasteiger partial charge in [0.2, 0.25) is 0 Å². The van der Waals surface area contributed by atoms with Crippen molar-refractivity contribution >= 4 is 12.0 Å². The molecule has 2 amide bonds. The van der Waals surface area contributed by atoms with Crippen LogP contribution in [0, 0.1) is 5.41 Å². The van der Waals surface area contributed by atoms with Crippen molar-refractivity contribution in [3.05, 3.63) is 29.8 Å². The molecule has 1 unspecified atom stereocenters. The summed E-state index contributed by atoms with van der Waals surface area (Å²) in [5.74, 6) is 0.284. The average molecular weight is 318 g/mol. The number of ether oxygens (including phenoxy) is 1. The number of carbonyl (C=O) groups excluding carboxylic acids is 1. The summed E-state index contributed by atoms with van der Waals surface area (Å²) >= 11 is 0. The number of methoxy groups -OCH3 is 1. The number of urea groups is 1. The Kier molecular flexibility index (Phi) is 3.92. The highest BCUT2D eigenvalue weighted by Crippen LogP contribution is 2.42. The molecule has 3 rings (SSSR count). The number of hydrogen-bond donors (Lipinski definition) is 2. The first-order valence-electron chi connectivity index (χ1n) is 7.86. The zero-order chi connectivity index (χ0) is 16.6. The number of rotatable bonds is 4. The maximum Gasteiger partial charge on any atom is 0.317 e. The van der Waals surface area contributed by atoms with Gasteiger partial charge in [-0.1, -0.05) is 12.1 Å². The molecule has 1 aromatic rings. The van der Waals surface area contributed by atoms with Gasteiger partial charge in [-0.05, 0) is 37.5 Å². The van der Waals surface area contributed by atoms with E-state index in [2.05, 4.69) is 5.32 Å². The number of nitrogens with zero attached hydrogens (tertiary/aromatic N) is 1. The molecule has 0 bridgehead atoms. The monoisotopic (exact) mass is 318 g/mol. The molecule has 2 aliphatic rings. The van der Waals surface area contributed by atoms with Crippen molar-refractivity contribution in [2.75, 3.05) is 20.2 Å². The van der Waals surface area contributed by atoms with Crippen LogP contribution < -0.4 is 10.1 Å². The highest BCUT2D eigenvalue weighted by atomic mass is 16.5. The van der Waals surface area contributed by atoms with Gasteiger partial charge in [-0.15, -0.1) is 0 Å². The Morgan fingerprint density at radius 2 is 2.22 bits per heavy atom. The fourth-order valence-corrected chi connectivity index (χ4v) is 3.15. The lowest BCUT2D eigenvalue weighted by molar-refractivity contribution is -0.146. The molecule has 6 heteroatoms. The Hall–Kier alpha value is -2.24. The van der Waals surface area contributed by atoms with Crippen LogP contribution in [0.15, 0.2) is 24.3 Å². The molecule has 0 radical (unpaired) electrons. The lowest BCUT2D eigenvalue weighted by Crippen LogP contribution is -2.42. The molecular formula is C17H22N2O4. The minimum atomic E-state index is -0.839. The zero-order valence-corrected chi connectivity index (χ0v) is 13.4. The third-order valence-electron chi connectivity index (χ3n) is 4.90. The Balaban J connectivity index is 1.55. The lowest BCUT2D eigenvalue weighted by atomic mass is 9.90. The second-order valence-corrected chi connectivity index (χ2v) is 6.71. The SMILES string of the molecule is COc1cccc([C@@H]2C[C@H]2NC(=O)N2CCC(C)(C(=O)O)C2)c1. The fraction of sp³-hybridized carbons (Fsp3) is 0.529. The Labute approximate surface area is 135 Å². The molecule has 124 valence electrons. The van der Waals surface area contributed by atoms with Gasteiger partial charge in [0.1, 0.15) is 5.75 Å². The number of hydrogen-bond acceptors (Lipinski definition) is 3. The summed E-state index contributed by atoms with van der Waals surface area (Å²) in [6.07, 6.45) is 1.41. The third kappa shape index (κ3) is 3.11. The van der Waals surface area contributed by atoms with Crippen molar-refractivity contribution in [1.82, 2.24) is 10.2 Å². The van der Waals surface area contributed by atoms with Crippen LogP contribution in [0.5, 0.6) is 5.75 Å². The maximum atomic E-state index is 12.3. The first-order valence-corrected chi connectivity index (χ1v) is 7.86. The van der Waals surface area contributed by atoms with Gasteiger partial charge < -0.3 is 20.1 Å². The van der Waals surface area contributed by atoms with Crippen LogP contribution in [0.3, 0.4) is 0 Å². The van der Waals surface area contributed by atoms with Gasteiger partial charge >= 0.3 is 12.0 Å². The van der Waals surface area contributed by atoms with E-state index < -0.39 is 11.4 Å². The van der Waals surface area contributed by atoms with Crippen LogP contribution in [0.2, 0.25) is 0 Å². The van der Waals surface area contributed by atoms with Gasteiger partial charge in [0.25, 0.3) is 0 Å². The van der Waals surface area contributed by atoms with E-state index in [-0.39, 0.29) is 18.6 Å². The largest absolute Gasteiger partial charge is 0.497 e. The number of carboxylic acids is 1. The summed E-state index contributed by atoms with van der Waals surface area (Å²) in [5, 5.41) is 12.2. The minimum absolute atomic E-state index is 0.117. The van der Waals surface area contributed by atoms with Crippen molar-refractivity contribution in [2.24, 2.45) is 5.41 Å². The molecule has 1 aliphatic heterocycles. The lowest BCUT2D eigenvalue weighted by Gasteiger charge is -2.20. The molecule has 1 saturated heterocycles. The molecule has 1 heterocycles. The molecule has 0 spiro atoms. The average Bonchev–Trinajstić information content (AvgIpc) is 3.18. The van der Waals surface area contributed by atoms with Crippen molar-refractivity contribution in [1.29, 1.82) is 0 Å². The number of amides is 2. The molecule has 0 aromatic heterocycles. The van der Waals surface area contributed by atoms with Crippen LogP contribution in [-0.2, 0) is 4.79 Å². The summed E-state index contributed by atoms with van der Waals surface area (Å²) in [7, 11) is 1.64. The van der Waals surface area contributed by atoms with Gasteiger partial charge in [-0.25, -0.2) is 4.79 Å². The molecule has 3 atom stereocenters. The molecule has 1 aromatic carbocycles. The van der Waals surface area contributed by atoms with Gasteiger partial charge in [0.15, 0.2) is 0 Å². The topological polar surface area (TPSA) is 78.9 Å². The van der Waals surface area contributed by atoms with E-state index in [4.69, 9.17) is 4.74 Å². The van der Waals surface area contributed by atoms with Crippen molar-refractivity contribution in [3.63, 3.8) is 0 Å². The second kappa shape index (κ2) is 5.76. The molecule has 1 aliphatic carbocycles. The predicted octanol–water partition coefficient (Wildman–Crippen LogP) is 2.06. The highest BCUT2D eigenvalue weighted by Gasteiger charge is 2.45. The van der Waals surface area contributed by atoms with E-state index >= 15 is 0 Å². The predicted molar refractivity (Wildman–Crippen MR) is 84.6 cm³/mol. The van der Waals surface area contributed by atoms with Crippen molar-refractivity contribution in [3.8, 4) is 5.75 Å². The van der Waals surface area contributed by atoms with Crippen molar-refractivity contribution in [2.45, 2.75) is 31.7 Å². The Morgan fingerprint density at radius 1 is 1.43 bits per heavy atom. The third-order valence-corrected chi connectivity index (χ3v) is 4.90. The Morgan fingerprint density at radius 3 is 2.87 bits per heavy atom. The van der Waals surface area contributed by atoms with E-state index in [1.54, 1.807) is 18.9 Å². The first kappa shape index (κ1) is 15.6. The molecule has 1 saturated carbocycles. The molecule has 2 fully saturated rings.